The molecule has 0 fully saturated rings. The van der Waals surface area contributed by atoms with E-state index in [9.17, 15) is 22.0 Å². The largest absolute Gasteiger partial charge is 0.351 e. The number of nitrogens with zero attached hydrogens (tertiary/aromatic N) is 4. The number of hydrogen-bond acceptors (Lipinski definition) is 8. The van der Waals surface area contributed by atoms with Crippen molar-refractivity contribution in [3.8, 4) is 0 Å². The molecule has 2 aromatic carbocycles. The van der Waals surface area contributed by atoms with Crippen molar-refractivity contribution < 1.29 is 22.0 Å². The maximum Gasteiger partial charge on any atom is 0.316 e. The Hall–Kier alpha value is -4.00. The van der Waals surface area contributed by atoms with Crippen LogP contribution in [0.15, 0.2) is 57.6 Å². The molecule has 0 unspecified atom stereocenters. The second-order valence-electron chi connectivity index (χ2n) is 7.16. The summed E-state index contributed by atoms with van der Waals surface area (Å²) in [6.07, 6.45) is -0.739. The lowest BCUT2D eigenvalue weighted by molar-refractivity contribution is 0.259. The zero-order chi connectivity index (χ0) is 24.9. The first-order valence-electron chi connectivity index (χ1n) is 10.00. The Bertz CT molecular complexity index is 1340. The van der Waals surface area contributed by atoms with Crippen molar-refractivity contribution in [2.75, 3.05) is 16.4 Å². The summed E-state index contributed by atoms with van der Waals surface area (Å²) in [5, 5.41) is 13.4. The Morgan fingerprint density at radius 3 is 2.41 bits per heavy atom. The molecule has 0 bridgehead atoms. The smallest absolute Gasteiger partial charge is 0.316 e. The van der Waals surface area contributed by atoms with E-state index in [1.807, 2.05) is 0 Å². The third-order valence-electron chi connectivity index (χ3n) is 4.46. The maximum absolute atomic E-state index is 13.3. The molecule has 1 heterocycles. The highest BCUT2D eigenvalue weighted by atomic mass is 32.2. The predicted octanol–water partition coefficient (Wildman–Crippen LogP) is 4.90. The van der Waals surface area contributed by atoms with Crippen molar-refractivity contribution in [1.29, 1.82) is 0 Å². The van der Waals surface area contributed by atoms with Crippen molar-refractivity contribution in [3.63, 3.8) is 0 Å². The molecule has 0 radical (unpaired) electrons. The van der Waals surface area contributed by atoms with Crippen molar-refractivity contribution in [2.24, 2.45) is 16.0 Å². The number of nitrogens with two attached hydrogens (primary N) is 1. The number of carbonyl (C=O) groups is 1. The minimum Gasteiger partial charge on any atom is -0.351 e. The number of halogens is 2. The van der Waals surface area contributed by atoms with Gasteiger partial charge in [0, 0.05) is 11.8 Å². The van der Waals surface area contributed by atoms with Gasteiger partial charge in [0.05, 0.1) is 22.0 Å². The molecule has 4 N–H and O–H groups in total. The Kier molecular flexibility index (Phi) is 7.46. The van der Waals surface area contributed by atoms with Crippen molar-refractivity contribution in [1.82, 2.24) is 9.97 Å². The van der Waals surface area contributed by atoms with E-state index in [2.05, 4.69) is 30.8 Å². The van der Waals surface area contributed by atoms with Gasteiger partial charge in [0.15, 0.2) is 9.84 Å². The van der Waals surface area contributed by atoms with Crippen LogP contribution in [0.3, 0.4) is 0 Å². The van der Waals surface area contributed by atoms with Gasteiger partial charge in [-0.25, -0.2) is 13.2 Å². The Morgan fingerprint density at radius 2 is 1.76 bits per heavy atom. The third-order valence-corrected chi connectivity index (χ3v) is 6.38. The first kappa shape index (κ1) is 24.6. The number of urea groups is 1. The molecule has 3 rings (SSSR count). The quantitative estimate of drug-likeness (QED) is 0.233. The molecule has 0 aliphatic carbocycles. The Morgan fingerprint density at radius 1 is 1.06 bits per heavy atom. The summed E-state index contributed by atoms with van der Waals surface area (Å²) in [6.45, 7) is 3.49. The molecule has 0 spiro atoms. The Balaban J connectivity index is 1.89. The molecule has 3 aromatic rings. The van der Waals surface area contributed by atoms with E-state index in [0.29, 0.717) is 23.4 Å². The number of nitrogens with one attached hydrogen (secondary N) is 2. The second-order valence-corrected chi connectivity index (χ2v) is 9.27. The molecular formula is C21H21F2N7O3S. The van der Waals surface area contributed by atoms with E-state index in [-0.39, 0.29) is 27.8 Å². The van der Waals surface area contributed by atoms with Crippen molar-refractivity contribution in [3.05, 3.63) is 60.1 Å². The van der Waals surface area contributed by atoms with Gasteiger partial charge in [0.25, 0.3) is 0 Å². The minimum absolute atomic E-state index is 0.0458. The Labute approximate surface area is 194 Å². The van der Waals surface area contributed by atoms with Gasteiger partial charge in [0.2, 0.25) is 5.95 Å². The minimum atomic E-state index is -3.37. The van der Waals surface area contributed by atoms with E-state index < -0.39 is 27.9 Å². The zero-order valence-corrected chi connectivity index (χ0v) is 19.0. The van der Waals surface area contributed by atoms with E-state index in [4.69, 9.17) is 5.73 Å². The number of aromatic nitrogens is 2. The average molecular weight is 490 g/mol. The number of carbonyl (C=O) groups excluding carboxylic acids is 1. The summed E-state index contributed by atoms with van der Waals surface area (Å²) >= 11 is 0. The molecule has 178 valence electrons. The van der Waals surface area contributed by atoms with Crippen LogP contribution >= 0.6 is 0 Å². The van der Waals surface area contributed by atoms with Gasteiger partial charge in [-0.15, -0.1) is 5.11 Å². The molecule has 10 nitrogen and oxygen atoms in total. The lowest BCUT2D eigenvalue weighted by Gasteiger charge is -2.10. The predicted molar refractivity (Wildman–Crippen MR) is 123 cm³/mol. The summed E-state index contributed by atoms with van der Waals surface area (Å²) in [5.41, 5.74) is 6.96. The fourth-order valence-corrected chi connectivity index (χ4v) is 4.37. The molecule has 0 aliphatic rings. The summed E-state index contributed by atoms with van der Waals surface area (Å²) in [6, 6.07) is 8.98. The normalized spacial score (nSPS) is 11.5. The van der Waals surface area contributed by atoms with Gasteiger partial charge >= 0.3 is 12.1 Å². The molecule has 2 amide bonds. The topological polar surface area (TPSA) is 152 Å². The molecule has 1 aromatic heterocycles. The van der Waals surface area contributed by atoms with Crippen LogP contribution in [-0.2, 0) is 9.84 Å². The van der Waals surface area contributed by atoms with Gasteiger partial charge in [0.1, 0.15) is 11.5 Å². The van der Waals surface area contributed by atoms with Crippen LogP contribution in [-0.4, -0.2) is 30.2 Å². The van der Waals surface area contributed by atoms with E-state index in [0.717, 1.165) is 6.07 Å². The highest BCUT2D eigenvalue weighted by Gasteiger charge is 2.14. The van der Waals surface area contributed by atoms with Gasteiger partial charge in [-0.3, -0.25) is 0 Å². The highest BCUT2D eigenvalue weighted by molar-refractivity contribution is 7.91. The second kappa shape index (κ2) is 10.3. The first-order chi connectivity index (χ1) is 16.1. The SMILES string of the molecule is CCCS(=O)(=O)c1ccc(N=Nc2ccc(Nc3cc(F)nc(F)n3)cc2NC(N)=O)c(C)c1. The fourth-order valence-electron chi connectivity index (χ4n) is 2.96. The number of benzene rings is 2. The van der Waals surface area contributed by atoms with Crippen LogP contribution in [0.25, 0.3) is 0 Å². The lowest BCUT2D eigenvalue weighted by atomic mass is 10.2. The van der Waals surface area contributed by atoms with Crippen LogP contribution < -0.4 is 16.4 Å². The molecule has 34 heavy (non-hydrogen) atoms. The van der Waals surface area contributed by atoms with Crippen molar-refractivity contribution in [2.45, 2.75) is 25.2 Å². The molecule has 13 heteroatoms. The van der Waals surface area contributed by atoms with Crippen LogP contribution in [0.5, 0.6) is 0 Å². The number of sulfone groups is 1. The third kappa shape index (κ3) is 6.28. The number of rotatable bonds is 8. The number of hydrogen-bond donors (Lipinski definition) is 3. The van der Waals surface area contributed by atoms with Crippen LogP contribution in [0.4, 0.5) is 42.1 Å². The monoisotopic (exact) mass is 489 g/mol. The summed E-state index contributed by atoms with van der Waals surface area (Å²) in [7, 11) is -3.37. The van der Waals surface area contributed by atoms with Gasteiger partial charge in [-0.05, 0) is 55.3 Å². The number of aryl methyl sites for hydroxylation is 1. The zero-order valence-electron chi connectivity index (χ0n) is 18.2. The standard InChI is InChI=1S/C21H21F2N7O3S/c1-3-8-34(32,33)14-5-7-15(12(2)9-14)29-30-16-6-4-13(10-17(16)26-21(24)31)25-19-11-18(22)27-20(23)28-19/h4-7,9-11H,3,8H2,1-2H3,(H3,24,26,31)(H,25,27,28). The molecule has 0 saturated carbocycles. The molecular weight excluding hydrogens is 468 g/mol. The van der Waals surface area contributed by atoms with E-state index in [1.165, 1.54) is 36.4 Å². The molecule has 0 atom stereocenters. The van der Waals surface area contributed by atoms with E-state index >= 15 is 0 Å². The first-order valence-corrected chi connectivity index (χ1v) is 11.7. The number of primary amides is 1. The highest BCUT2D eigenvalue weighted by Crippen LogP contribution is 2.32. The van der Waals surface area contributed by atoms with Gasteiger partial charge in [-0.2, -0.15) is 23.9 Å². The molecule has 0 aliphatic heterocycles. The van der Waals surface area contributed by atoms with Crippen LogP contribution in [0, 0.1) is 18.9 Å². The van der Waals surface area contributed by atoms with Crippen LogP contribution in [0.1, 0.15) is 18.9 Å². The van der Waals surface area contributed by atoms with Crippen LogP contribution in [0.2, 0.25) is 0 Å². The summed E-state index contributed by atoms with van der Waals surface area (Å²) in [5.74, 6) is -1.15. The van der Waals surface area contributed by atoms with Gasteiger partial charge < -0.3 is 16.4 Å². The summed E-state index contributed by atoms with van der Waals surface area (Å²) < 4.78 is 51.1. The number of anilines is 3. The number of amides is 2. The van der Waals surface area contributed by atoms with Crippen molar-refractivity contribution >= 4 is 44.4 Å². The van der Waals surface area contributed by atoms with Gasteiger partial charge in [-0.1, -0.05) is 6.92 Å². The average Bonchev–Trinajstić information content (AvgIpc) is 2.72. The maximum atomic E-state index is 13.3. The number of azo groups is 1. The fraction of sp³-hybridized carbons (Fsp3) is 0.190. The molecule has 0 saturated heterocycles. The lowest BCUT2D eigenvalue weighted by Crippen LogP contribution is -2.19. The van der Waals surface area contributed by atoms with E-state index in [1.54, 1.807) is 13.8 Å². The summed E-state index contributed by atoms with van der Waals surface area (Å²) in [4.78, 5) is 18.0.